The van der Waals surface area contributed by atoms with Gasteiger partial charge in [0.25, 0.3) is 0 Å². The number of hydrogen-bond donors (Lipinski definition) is 5. The Bertz CT molecular complexity index is 2750. The molecule has 16 nitrogen and oxygen atoms in total. The summed E-state index contributed by atoms with van der Waals surface area (Å²) in [5.74, 6) is -5.04. The van der Waals surface area contributed by atoms with Crippen molar-refractivity contribution in [1.29, 1.82) is 0 Å². The first-order valence-corrected chi connectivity index (χ1v) is 35.0. The lowest BCUT2D eigenvalue weighted by atomic mass is 9.58. The highest BCUT2D eigenvalue weighted by atomic mass is 32.2. The van der Waals surface area contributed by atoms with Crippen LogP contribution in [0.15, 0.2) is 21.8 Å². The van der Waals surface area contributed by atoms with Crippen LogP contribution < -0.4 is 10.6 Å². The second-order valence-corrected chi connectivity index (χ2v) is 33.5. The van der Waals surface area contributed by atoms with Crippen LogP contribution in [0.1, 0.15) is 278 Å². The molecule has 5 atom stereocenters. The molecule has 2 aliphatic carbocycles. The number of thioether (sulfide) groups is 1. The van der Waals surface area contributed by atoms with Crippen LogP contribution >= 0.6 is 11.8 Å². The van der Waals surface area contributed by atoms with Gasteiger partial charge in [0, 0.05) is 40.2 Å². The Morgan fingerprint density at radius 2 is 1.02 bits per heavy atom. The van der Waals surface area contributed by atoms with Gasteiger partial charge in [0.2, 0.25) is 11.8 Å². The van der Waals surface area contributed by atoms with E-state index in [1.165, 1.54) is 0 Å². The first-order valence-electron chi connectivity index (χ1n) is 34.0. The molecule has 90 heavy (non-hydrogen) atoms. The van der Waals surface area contributed by atoms with Gasteiger partial charge in [-0.1, -0.05) is 159 Å². The lowest BCUT2D eigenvalue weighted by Gasteiger charge is -2.50. The zero-order valence-corrected chi connectivity index (χ0v) is 61.0. The number of esters is 3. The predicted molar refractivity (Wildman–Crippen MR) is 363 cm³/mol. The number of carboxylic acid groups (broad SMARTS) is 2. The minimum atomic E-state index is -1.17. The summed E-state index contributed by atoms with van der Waals surface area (Å²) in [5.41, 5.74) is -1.38. The molecular formula is C73H120N4O12S. The van der Waals surface area contributed by atoms with Crippen LogP contribution in [0.2, 0.25) is 0 Å². The molecule has 1 aromatic heterocycles. The van der Waals surface area contributed by atoms with E-state index in [2.05, 4.69) is 98.7 Å². The average molecular weight is 1280 g/mol. The average Bonchev–Trinajstić information content (AvgIpc) is 1.38. The molecule has 0 aromatic carbocycles. The molecule has 5 N–H and O–H groups in total. The smallest absolute Gasteiger partial charge is 0.342 e. The zero-order chi connectivity index (χ0) is 68.8. The van der Waals surface area contributed by atoms with Crippen molar-refractivity contribution in [3.05, 3.63) is 33.7 Å². The fourth-order valence-electron chi connectivity index (χ4n) is 14.4. The van der Waals surface area contributed by atoms with E-state index in [9.17, 15) is 34.2 Å². The number of aliphatic carboxylic acids is 2. The number of hydrogen-bond acceptors (Lipinski definition) is 12. The van der Waals surface area contributed by atoms with E-state index in [0.29, 0.717) is 98.9 Å². The predicted octanol–water partition coefficient (Wildman–Crippen LogP) is 16.9. The first-order chi connectivity index (χ1) is 41.4. The third-order valence-electron chi connectivity index (χ3n) is 21.3. The summed E-state index contributed by atoms with van der Waals surface area (Å²) in [7, 11) is 0. The zero-order valence-electron chi connectivity index (χ0n) is 60.2. The van der Waals surface area contributed by atoms with Crippen LogP contribution in [0.25, 0.3) is 6.08 Å². The number of aromatic nitrogens is 1. The maximum absolute atomic E-state index is 15.9. The van der Waals surface area contributed by atoms with Gasteiger partial charge in [-0.2, -0.15) is 0 Å². The summed E-state index contributed by atoms with van der Waals surface area (Å²) >= 11 is 1.15. The van der Waals surface area contributed by atoms with Gasteiger partial charge in [-0.15, -0.1) is 11.8 Å². The van der Waals surface area contributed by atoms with Gasteiger partial charge in [0.05, 0.1) is 24.1 Å². The fraction of sp³-hybridized carbons (Fsp3) is 0.781. The number of aliphatic imine (C=N–C) groups is 1. The number of amides is 2. The summed E-state index contributed by atoms with van der Waals surface area (Å²) in [6.07, 6.45) is 6.59. The van der Waals surface area contributed by atoms with Crippen molar-refractivity contribution in [2.45, 2.75) is 274 Å². The van der Waals surface area contributed by atoms with Gasteiger partial charge in [0.1, 0.15) is 40.2 Å². The fourth-order valence-corrected chi connectivity index (χ4v) is 15.5. The van der Waals surface area contributed by atoms with Gasteiger partial charge < -0.3 is 40.0 Å². The molecule has 2 saturated carbocycles. The Labute approximate surface area is 546 Å². The summed E-state index contributed by atoms with van der Waals surface area (Å²) in [5, 5.41) is 24.8. The largest absolute Gasteiger partial charge is 0.481 e. The standard InChI is InChI=1S/C73H120N4O12S/c1-26-71(24,25)66(86)87-39-43-33-45(67(12,13)14)57(46(34-43)68(15,16)17)88-62(82)55-53(41(8)9)49(74-59(55)76-64(84)72(27-2,28-3)29-4)37-50-54(42(10)11)56(60(75-50)77-65(85)73(30-5,31-6)32-7)63(83)89-58-47(69(18,19)20)35-44(36-48(58)70(21,22)23)40-90-51(61(80)81)38-52(78)79/h37,41-48,51,57-58,74H,26-36,38-40H2,1-25H3,(H,76,84)(H,78,79)(H,80,81)(H,75,77,85). The highest BCUT2D eigenvalue weighted by molar-refractivity contribution is 8.00. The maximum atomic E-state index is 15.9. The molecule has 510 valence electrons. The van der Waals surface area contributed by atoms with Crippen LogP contribution in [-0.2, 0) is 43.0 Å². The highest BCUT2D eigenvalue weighted by Crippen LogP contribution is 2.53. The summed E-state index contributed by atoms with van der Waals surface area (Å²) in [6.45, 7) is 51.6. The molecule has 2 fully saturated rings. The van der Waals surface area contributed by atoms with Crippen LogP contribution in [0, 0.1) is 79.3 Å². The van der Waals surface area contributed by atoms with Crippen LogP contribution in [0.5, 0.6) is 0 Å². The van der Waals surface area contributed by atoms with Crippen LogP contribution in [-0.4, -0.2) is 92.5 Å². The number of nitrogens with one attached hydrogen (secondary N) is 3. The summed E-state index contributed by atoms with van der Waals surface area (Å²) < 4.78 is 20.1. The highest BCUT2D eigenvalue weighted by Gasteiger charge is 2.52. The number of rotatable bonds is 26. The van der Waals surface area contributed by atoms with Gasteiger partial charge >= 0.3 is 29.8 Å². The third kappa shape index (κ3) is 18.0. The van der Waals surface area contributed by atoms with E-state index < -0.39 is 74.8 Å². The number of aromatic amines is 1. The van der Waals surface area contributed by atoms with Gasteiger partial charge in [-0.05, 0) is 153 Å². The Morgan fingerprint density at radius 1 is 0.600 bits per heavy atom. The van der Waals surface area contributed by atoms with Crippen molar-refractivity contribution >= 4 is 71.2 Å². The molecule has 4 rings (SSSR count). The number of carbonyl (C=O) groups excluding carboxylic acids is 5. The normalized spacial score (nSPS) is 23.2. The van der Waals surface area contributed by atoms with Crippen molar-refractivity contribution in [3.8, 4) is 0 Å². The number of H-pyrrole nitrogens is 1. The van der Waals surface area contributed by atoms with E-state index in [-0.39, 0.29) is 105 Å². The third-order valence-corrected chi connectivity index (χ3v) is 22.8. The minimum Gasteiger partial charge on any atom is -0.481 e. The Morgan fingerprint density at radius 3 is 1.40 bits per heavy atom. The molecule has 1 aromatic rings. The van der Waals surface area contributed by atoms with Crippen molar-refractivity contribution < 1.29 is 58.0 Å². The van der Waals surface area contributed by atoms with Crippen molar-refractivity contribution in [1.82, 2.24) is 10.3 Å². The minimum absolute atomic E-state index is 0.00608. The molecule has 3 aliphatic rings. The molecule has 0 spiro atoms. The lowest BCUT2D eigenvalue weighted by molar-refractivity contribution is -0.164. The van der Waals surface area contributed by atoms with Gasteiger partial charge in [0.15, 0.2) is 0 Å². The molecule has 0 bridgehead atoms. The van der Waals surface area contributed by atoms with E-state index >= 15 is 9.59 Å². The first kappa shape index (κ1) is 77.5. The summed E-state index contributed by atoms with van der Waals surface area (Å²) in [6, 6.07) is 0. The molecule has 5 unspecified atom stereocenters. The Balaban J connectivity index is 2.05. The second kappa shape index (κ2) is 30.4. The maximum Gasteiger partial charge on any atom is 0.342 e. The van der Waals surface area contributed by atoms with E-state index in [1.54, 1.807) is 0 Å². The number of amidine groups is 1. The Hall–Kier alpha value is -4.93. The SMILES string of the molecule is CCC(C)(C)C(=O)OCC1CC(C(C)(C)C)C(OC(=O)c2c(NC(=O)C(CC)(CC)CC)[nH]c(C=C3N=C(NC(=O)C(CC)(CC)CC)C(C(=O)OC4C(C(C)(C)C)CC(CSC(CC(=O)O)C(=O)O)CC4C(C)(C)C)=C3C(C)C)c2C(C)C)C(C(C)(C)C)C1. The van der Waals surface area contributed by atoms with E-state index in [4.69, 9.17) is 19.2 Å². The van der Waals surface area contributed by atoms with Gasteiger partial charge in [-0.25, -0.2) is 14.6 Å². The molecule has 0 radical (unpaired) electrons. The van der Waals surface area contributed by atoms with Crippen LogP contribution in [0.4, 0.5) is 5.82 Å². The molecule has 0 saturated heterocycles. The molecular weight excluding hydrogens is 1160 g/mol. The quantitative estimate of drug-likeness (QED) is 0.0429. The van der Waals surface area contributed by atoms with Crippen LogP contribution in [0.3, 0.4) is 0 Å². The van der Waals surface area contributed by atoms with E-state index in [0.717, 1.165) is 11.8 Å². The number of allylic oxidation sites excluding steroid dienone is 1. The number of ether oxygens (including phenoxy) is 3. The molecule has 2 amide bonds. The molecule has 17 heteroatoms. The second-order valence-electron chi connectivity index (χ2n) is 32.3. The monoisotopic (exact) mass is 1280 g/mol. The Kier molecular flexibility index (Phi) is 26.2. The van der Waals surface area contributed by atoms with Crippen molar-refractivity contribution in [2.75, 3.05) is 17.7 Å². The van der Waals surface area contributed by atoms with Crippen molar-refractivity contribution in [3.63, 3.8) is 0 Å². The molecule has 1 aliphatic heterocycles. The van der Waals surface area contributed by atoms with Crippen molar-refractivity contribution in [2.24, 2.45) is 84.3 Å². The number of nitrogens with zero attached hydrogens (tertiary/aromatic N) is 1. The number of carbonyl (C=O) groups is 7. The molecule has 2 heterocycles. The summed E-state index contributed by atoms with van der Waals surface area (Å²) in [4.78, 5) is 107. The number of carboxylic acids is 2. The van der Waals surface area contributed by atoms with Gasteiger partial charge in [-0.3, -0.25) is 24.0 Å². The lowest BCUT2D eigenvalue weighted by Crippen LogP contribution is -2.51. The topological polar surface area (TPSA) is 240 Å². The van der Waals surface area contributed by atoms with E-state index in [1.807, 2.05) is 96.1 Å². The number of anilines is 1.